The summed E-state index contributed by atoms with van der Waals surface area (Å²) in [5.41, 5.74) is 9.23. The highest BCUT2D eigenvalue weighted by molar-refractivity contribution is 6.42. The molecule has 0 bridgehead atoms. The Bertz CT molecular complexity index is 1430. The number of carbonyl (C=O) groups excluding carboxylic acids is 1. The molecular weight excluding hydrogens is 493 g/mol. The summed E-state index contributed by atoms with van der Waals surface area (Å²) in [7, 11) is 1.66. The van der Waals surface area contributed by atoms with E-state index in [2.05, 4.69) is 47.1 Å². The van der Waals surface area contributed by atoms with Crippen molar-refractivity contribution in [2.24, 2.45) is 5.10 Å². The number of para-hydroxylation sites is 1. The number of hydrogen-bond donors (Lipinski definition) is 1. The predicted octanol–water partition coefficient (Wildman–Crippen LogP) is 7.09. The van der Waals surface area contributed by atoms with Crippen LogP contribution in [0, 0.1) is 13.8 Å². The lowest BCUT2D eigenvalue weighted by molar-refractivity contribution is -0.121. The zero-order valence-corrected chi connectivity index (χ0v) is 22.2. The fraction of sp³-hybridized carbons (Fsp3) is 0.241. The highest BCUT2D eigenvalue weighted by atomic mass is 35.5. The third-order valence-corrected chi connectivity index (χ3v) is 7.13. The third-order valence-electron chi connectivity index (χ3n) is 6.39. The quantitative estimate of drug-likeness (QED) is 0.188. The second-order valence-electron chi connectivity index (χ2n) is 8.79. The van der Waals surface area contributed by atoms with E-state index in [0.29, 0.717) is 23.0 Å². The van der Waals surface area contributed by atoms with Crippen molar-refractivity contribution in [3.05, 3.63) is 98.7 Å². The van der Waals surface area contributed by atoms with Crippen molar-refractivity contribution in [1.82, 2.24) is 9.99 Å². The number of rotatable bonds is 9. The molecule has 1 N–H and O–H groups in total. The summed E-state index contributed by atoms with van der Waals surface area (Å²) >= 11 is 12.3. The maximum Gasteiger partial charge on any atom is 0.240 e. The van der Waals surface area contributed by atoms with Crippen LogP contribution in [-0.4, -0.2) is 23.8 Å². The lowest BCUT2D eigenvalue weighted by atomic mass is 10.0. The molecule has 5 nitrogen and oxygen atoms in total. The van der Waals surface area contributed by atoms with Gasteiger partial charge in [-0.15, -0.1) is 0 Å². The lowest BCUT2D eigenvalue weighted by Crippen LogP contribution is -2.17. The first-order chi connectivity index (χ1) is 17.4. The molecule has 7 heteroatoms. The van der Waals surface area contributed by atoms with Gasteiger partial charge in [-0.1, -0.05) is 53.5 Å². The van der Waals surface area contributed by atoms with Crippen LogP contribution < -0.4 is 10.2 Å². The molecular formula is C29H29Cl2N3O2. The Morgan fingerprint density at radius 2 is 1.86 bits per heavy atom. The normalized spacial score (nSPS) is 11.4. The van der Waals surface area contributed by atoms with Gasteiger partial charge >= 0.3 is 0 Å². The Kier molecular flexibility index (Phi) is 8.34. The third kappa shape index (κ3) is 5.92. The van der Waals surface area contributed by atoms with Gasteiger partial charge in [0.15, 0.2) is 0 Å². The number of halogens is 2. The van der Waals surface area contributed by atoms with E-state index in [4.69, 9.17) is 27.9 Å². The van der Waals surface area contributed by atoms with Gasteiger partial charge in [-0.25, -0.2) is 5.43 Å². The van der Waals surface area contributed by atoms with Crippen LogP contribution in [0.2, 0.25) is 10.0 Å². The van der Waals surface area contributed by atoms with Crippen LogP contribution in [0.4, 0.5) is 0 Å². The number of nitrogens with zero attached hydrogens (tertiary/aromatic N) is 2. The largest absolute Gasteiger partial charge is 0.497 e. The lowest BCUT2D eigenvalue weighted by Gasteiger charge is -2.09. The molecule has 0 atom stereocenters. The molecule has 1 heterocycles. The molecule has 1 aromatic heterocycles. The highest BCUT2D eigenvalue weighted by Gasteiger charge is 2.13. The average molecular weight is 522 g/mol. The van der Waals surface area contributed by atoms with Crippen molar-refractivity contribution in [3.8, 4) is 5.75 Å². The van der Waals surface area contributed by atoms with E-state index in [1.165, 1.54) is 11.1 Å². The van der Waals surface area contributed by atoms with Gasteiger partial charge in [0.05, 0.1) is 23.4 Å². The minimum atomic E-state index is -0.102. The second kappa shape index (κ2) is 11.6. The number of aryl methyl sites for hydroxylation is 2. The Balaban J connectivity index is 1.42. The van der Waals surface area contributed by atoms with E-state index < -0.39 is 0 Å². The van der Waals surface area contributed by atoms with E-state index in [1.54, 1.807) is 13.3 Å². The second-order valence-corrected chi connectivity index (χ2v) is 9.60. The minimum Gasteiger partial charge on any atom is -0.497 e. The molecule has 4 aromatic rings. The summed E-state index contributed by atoms with van der Waals surface area (Å²) in [4.78, 5) is 12.4. The van der Waals surface area contributed by atoms with E-state index in [-0.39, 0.29) is 5.91 Å². The smallest absolute Gasteiger partial charge is 0.240 e. The zero-order valence-electron chi connectivity index (χ0n) is 20.6. The topological polar surface area (TPSA) is 55.6 Å². The first-order valence-corrected chi connectivity index (χ1v) is 12.6. The molecule has 0 saturated heterocycles. The molecule has 0 aliphatic heterocycles. The summed E-state index contributed by atoms with van der Waals surface area (Å²) in [6, 6.07) is 19.9. The van der Waals surface area contributed by atoms with Gasteiger partial charge in [0.1, 0.15) is 5.75 Å². The summed E-state index contributed by atoms with van der Waals surface area (Å²) in [5, 5.41) is 6.42. The van der Waals surface area contributed by atoms with Crippen LogP contribution in [0.5, 0.6) is 5.75 Å². The fourth-order valence-electron chi connectivity index (χ4n) is 4.38. The van der Waals surface area contributed by atoms with Crippen molar-refractivity contribution in [1.29, 1.82) is 0 Å². The number of fused-ring (bicyclic) bond motifs is 1. The first kappa shape index (κ1) is 25.8. The number of hydrogen-bond acceptors (Lipinski definition) is 3. The SMILES string of the molecule is COc1ccc(CCCC(=O)N/N=C\c2c(C)n(Cc3ccc(Cl)c(Cl)c3)c3ccccc23)c(C)c1. The van der Waals surface area contributed by atoms with E-state index >= 15 is 0 Å². The van der Waals surface area contributed by atoms with Crippen molar-refractivity contribution < 1.29 is 9.53 Å². The van der Waals surface area contributed by atoms with Gasteiger partial charge in [0.25, 0.3) is 0 Å². The van der Waals surface area contributed by atoms with Crippen LogP contribution in [0.1, 0.15) is 40.8 Å². The highest BCUT2D eigenvalue weighted by Crippen LogP contribution is 2.28. The number of amides is 1. The molecule has 1 amide bonds. The Morgan fingerprint density at radius 1 is 1.06 bits per heavy atom. The predicted molar refractivity (Wildman–Crippen MR) is 149 cm³/mol. The Labute approximate surface area is 221 Å². The van der Waals surface area contributed by atoms with Crippen molar-refractivity contribution >= 4 is 46.2 Å². The van der Waals surface area contributed by atoms with Gasteiger partial charge in [-0.05, 0) is 73.7 Å². The van der Waals surface area contributed by atoms with Crippen LogP contribution in [-0.2, 0) is 17.8 Å². The molecule has 4 rings (SSSR count). The first-order valence-electron chi connectivity index (χ1n) is 11.8. The van der Waals surface area contributed by atoms with Crippen molar-refractivity contribution in [2.75, 3.05) is 7.11 Å². The Morgan fingerprint density at radius 3 is 2.61 bits per heavy atom. The summed E-state index contributed by atoms with van der Waals surface area (Å²) in [6.07, 6.45) is 3.71. The molecule has 0 fully saturated rings. The van der Waals surface area contributed by atoms with E-state index in [0.717, 1.165) is 46.3 Å². The molecule has 186 valence electrons. The molecule has 36 heavy (non-hydrogen) atoms. The number of hydrazone groups is 1. The summed E-state index contributed by atoms with van der Waals surface area (Å²) in [5.74, 6) is 0.742. The number of methoxy groups -OCH3 is 1. The van der Waals surface area contributed by atoms with Crippen molar-refractivity contribution in [2.45, 2.75) is 39.7 Å². The molecule has 0 saturated carbocycles. The van der Waals surface area contributed by atoms with Gasteiger partial charge in [-0.3, -0.25) is 4.79 Å². The van der Waals surface area contributed by atoms with E-state index in [1.807, 2.05) is 42.5 Å². The number of carbonyl (C=O) groups is 1. The van der Waals surface area contributed by atoms with Crippen LogP contribution in [0.25, 0.3) is 10.9 Å². The maximum atomic E-state index is 12.4. The van der Waals surface area contributed by atoms with Gasteiger partial charge in [0, 0.05) is 35.1 Å². The van der Waals surface area contributed by atoms with Crippen LogP contribution in [0.15, 0.2) is 65.8 Å². The van der Waals surface area contributed by atoms with E-state index in [9.17, 15) is 4.79 Å². The van der Waals surface area contributed by atoms with Gasteiger partial charge < -0.3 is 9.30 Å². The number of nitrogens with one attached hydrogen (secondary N) is 1. The maximum absolute atomic E-state index is 12.4. The molecule has 3 aromatic carbocycles. The van der Waals surface area contributed by atoms with Crippen molar-refractivity contribution in [3.63, 3.8) is 0 Å². The molecule has 0 aliphatic carbocycles. The number of benzene rings is 3. The van der Waals surface area contributed by atoms with Crippen LogP contribution in [0.3, 0.4) is 0 Å². The molecule has 0 unspecified atom stereocenters. The fourth-order valence-corrected chi connectivity index (χ4v) is 4.71. The summed E-state index contributed by atoms with van der Waals surface area (Å²) in [6.45, 7) is 4.76. The molecule has 0 spiro atoms. The van der Waals surface area contributed by atoms with Gasteiger partial charge in [-0.2, -0.15) is 5.10 Å². The number of ether oxygens (including phenoxy) is 1. The number of aromatic nitrogens is 1. The summed E-state index contributed by atoms with van der Waals surface area (Å²) < 4.78 is 7.47. The molecule has 0 aliphatic rings. The Hall–Kier alpha value is -3.28. The molecule has 0 radical (unpaired) electrons. The monoisotopic (exact) mass is 521 g/mol. The standard InChI is InChI=1S/C29H29Cl2N3O2/c1-19-15-23(36-3)13-12-22(19)7-6-10-29(35)33-32-17-25-20(2)34(28-9-5-4-8-24(25)28)18-21-11-14-26(30)27(31)16-21/h4-5,8-9,11-17H,6-7,10,18H2,1-3H3,(H,33,35)/b32-17-. The zero-order chi connectivity index (χ0) is 25.7. The average Bonchev–Trinajstić information content (AvgIpc) is 3.13. The van der Waals surface area contributed by atoms with Gasteiger partial charge in [0.2, 0.25) is 5.91 Å². The van der Waals surface area contributed by atoms with Crippen LogP contribution >= 0.6 is 23.2 Å². The minimum absolute atomic E-state index is 0.102.